The van der Waals surface area contributed by atoms with Gasteiger partial charge in [-0.25, -0.2) is 4.79 Å². The van der Waals surface area contributed by atoms with Crippen molar-refractivity contribution in [1.82, 2.24) is 14.8 Å². The number of carboxylic acid groups (broad SMARTS) is 1. The van der Waals surface area contributed by atoms with Gasteiger partial charge in [-0.2, -0.15) is 0 Å². The van der Waals surface area contributed by atoms with Crippen LogP contribution in [-0.4, -0.2) is 46.3 Å². The molecule has 164 valence electrons. The molecule has 30 heavy (non-hydrogen) atoms. The summed E-state index contributed by atoms with van der Waals surface area (Å²) in [5.41, 5.74) is 2.53. The topological polar surface area (TPSA) is 57.5 Å². The molecule has 2 aromatic rings. The van der Waals surface area contributed by atoms with Gasteiger partial charge in [-0.3, -0.25) is 0 Å². The van der Waals surface area contributed by atoms with Crippen molar-refractivity contribution in [3.8, 4) is 0 Å². The van der Waals surface area contributed by atoms with Crippen LogP contribution in [0.25, 0.3) is 10.9 Å². The van der Waals surface area contributed by atoms with Gasteiger partial charge in [0.15, 0.2) is 0 Å². The van der Waals surface area contributed by atoms with E-state index in [-0.39, 0.29) is 0 Å². The second-order valence-electron chi connectivity index (χ2n) is 9.64. The molecule has 1 aliphatic carbocycles. The predicted molar refractivity (Wildman–Crippen MR) is 122 cm³/mol. The Morgan fingerprint density at radius 2 is 1.77 bits per heavy atom. The number of amides is 1. The molecule has 1 saturated heterocycles. The van der Waals surface area contributed by atoms with Crippen LogP contribution in [0.1, 0.15) is 64.0 Å². The Bertz CT molecular complexity index is 843. The van der Waals surface area contributed by atoms with E-state index < -0.39 is 6.09 Å². The molecule has 2 fully saturated rings. The van der Waals surface area contributed by atoms with Gasteiger partial charge in [0.2, 0.25) is 0 Å². The molecule has 2 aliphatic rings. The van der Waals surface area contributed by atoms with Crippen molar-refractivity contribution in [3.05, 3.63) is 36.0 Å². The molecule has 0 radical (unpaired) electrons. The summed E-state index contributed by atoms with van der Waals surface area (Å²) >= 11 is 0. The van der Waals surface area contributed by atoms with E-state index in [1.165, 1.54) is 68.1 Å². The summed E-state index contributed by atoms with van der Waals surface area (Å²) in [5, 5.41) is 12.6. The summed E-state index contributed by atoms with van der Waals surface area (Å²) in [4.78, 5) is 13.6. The maximum atomic E-state index is 10.8. The van der Waals surface area contributed by atoms with Crippen molar-refractivity contribution in [2.75, 3.05) is 19.6 Å². The number of fused-ring (bicyclic) bond motifs is 1. The predicted octanol–water partition coefficient (Wildman–Crippen LogP) is 5.30. The summed E-state index contributed by atoms with van der Waals surface area (Å²) in [6.45, 7) is 7.61. The Kier molecular flexibility index (Phi) is 6.67. The average Bonchev–Trinajstić information content (AvgIpc) is 3.12. The normalized spacial score (nSPS) is 23.8. The van der Waals surface area contributed by atoms with E-state index in [9.17, 15) is 4.79 Å². The summed E-state index contributed by atoms with van der Waals surface area (Å²) in [7, 11) is 0. The fourth-order valence-corrected chi connectivity index (χ4v) is 5.75. The number of benzene rings is 1. The SMILES string of the molecule is CC(C)[C@H]1CC[C@@H](N2CCC(n3cc(CCNC(=O)O)c4ccccc43)CC2)CC1. The van der Waals surface area contributed by atoms with Crippen LogP contribution < -0.4 is 5.32 Å². The highest BCUT2D eigenvalue weighted by Gasteiger charge is 2.30. The lowest BCUT2D eigenvalue weighted by Gasteiger charge is -2.42. The van der Waals surface area contributed by atoms with E-state index in [2.05, 4.69) is 59.1 Å². The number of aromatic nitrogens is 1. The van der Waals surface area contributed by atoms with Gasteiger partial charge in [-0.1, -0.05) is 32.0 Å². The molecule has 5 heteroatoms. The van der Waals surface area contributed by atoms with Crippen LogP contribution in [0.2, 0.25) is 0 Å². The van der Waals surface area contributed by atoms with Gasteiger partial charge in [0.25, 0.3) is 0 Å². The lowest BCUT2D eigenvalue weighted by Crippen LogP contribution is -2.43. The number of likely N-dealkylation sites (tertiary alicyclic amines) is 1. The molecule has 1 aromatic heterocycles. The lowest BCUT2D eigenvalue weighted by atomic mass is 9.79. The number of piperidine rings is 1. The second kappa shape index (κ2) is 9.42. The van der Waals surface area contributed by atoms with Gasteiger partial charge >= 0.3 is 6.09 Å². The van der Waals surface area contributed by atoms with Gasteiger partial charge in [-0.05, 0) is 68.4 Å². The monoisotopic (exact) mass is 411 g/mol. The zero-order chi connectivity index (χ0) is 21.1. The second-order valence-corrected chi connectivity index (χ2v) is 9.64. The van der Waals surface area contributed by atoms with E-state index in [0.717, 1.165) is 24.3 Å². The molecule has 1 saturated carbocycles. The van der Waals surface area contributed by atoms with Crippen molar-refractivity contribution in [3.63, 3.8) is 0 Å². The molecule has 0 spiro atoms. The van der Waals surface area contributed by atoms with E-state index >= 15 is 0 Å². The number of para-hydroxylation sites is 1. The summed E-state index contributed by atoms with van der Waals surface area (Å²) < 4.78 is 2.47. The number of rotatable bonds is 6. The molecule has 1 aromatic carbocycles. The highest BCUT2D eigenvalue weighted by Crippen LogP contribution is 2.35. The molecular weight excluding hydrogens is 374 g/mol. The molecule has 1 amide bonds. The molecule has 4 rings (SSSR count). The van der Waals surface area contributed by atoms with Crippen molar-refractivity contribution >= 4 is 17.0 Å². The van der Waals surface area contributed by atoms with Crippen molar-refractivity contribution < 1.29 is 9.90 Å². The fourth-order valence-electron chi connectivity index (χ4n) is 5.75. The highest BCUT2D eigenvalue weighted by molar-refractivity contribution is 5.84. The maximum absolute atomic E-state index is 10.8. The van der Waals surface area contributed by atoms with Gasteiger partial charge in [0.05, 0.1) is 0 Å². The maximum Gasteiger partial charge on any atom is 0.404 e. The molecule has 1 aliphatic heterocycles. The van der Waals surface area contributed by atoms with Gasteiger partial charge in [0, 0.05) is 48.8 Å². The van der Waals surface area contributed by atoms with Crippen LogP contribution in [0, 0.1) is 11.8 Å². The molecule has 2 N–H and O–H groups in total. The third kappa shape index (κ3) is 4.66. The third-order valence-electron chi connectivity index (χ3n) is 7.59. The molecule has 0 unspecified atom stereocenters. The largest absolute Gasteiger partial charge is 0.465 e. The molecule has 0 atom stereocenters. The molecule has 0 bridgehead atoms. The first-order valence-electron chi connectivity index (χ1n) is 11.8. The fraction of sp³-hybridized carbons (Fsp3) is 0.640. The smallest absolute Gasteiger partial charge is 0.404 e. The highest BCUT2D eigenvalue weighted by atomic mass is 16.4. The van der Waals surface area contributed by atoms with Crippen molar-refractivity contribution in [2.24, 2.45) is 11.8 Å². The van der Waals surface area contributed by atoms with Gasteiger partial charge in [0.1, 0.15) is 0 Å². The van der Waals surface area contributed by atoms with E-state index in [4.69, 9.17) is 5.11 Å². The van der Waals surface area contributed by atoms with Crippen LogP contribution in [0.3, 0.4) is 0 Å². The number of hydrogen-bond donors (Lipinski definition) is 2. The lowest BCUT2D eigenvalue weighted by molar-refractivity contribution is 0.0894. The molecular formula is C25H37N3O2. The van der Waals surface area contributed by atoms with E-state index in [1.54, 1.807) is 0 Å². The number of nitrogens with one attached hydrogen (secondary N) is 1. The average molecular weight is 412 g/mol. The molecule has 2 heterocycles. The zero-order valence-corrected chi connectivity index (χ0v) is 18.5. The summed E-state index contributed by atoms with van der Waals surface area (Å²) in [6, 6.07) is 9.91. The first-order chi connectivity index (χ1) is 14.5. The van der Waals surface area contributed by atoms with Crippen LogP contribution >= 0.6 is 0 Å². The van der Waals surface area contributed by atoms with Gasteiger partial charge < -0.3 is 19.9 Å². The first kappa shape index (κ1) is 21.2. The quantitative estimate of drug-likeness (QED) is 0.678. The Labute approximate surface area is 180 Å². The first-order valence-corrected chi connectivity index (χ1v) is 11.8. The van der Waals surface area contributed by atoms with Crippen LogP contribution in [-0.2, 0) is 6.42 Å². The Morgan fingerprint density at radius 3 is 2.43 bits per heavy atom. The Balaban J connectivity index is 1.39. The van der Waals surface area contributed by atoms with Crippen molar-refractivity contribution in [1.29, 1.82) is 0 Å². The summed E-state index contributed by atoms with van der Waals surface area (Å²) in [5.74, 6) is 1.76. The minimum atomic E-state index is -0.950. The minimum absolute atomic E-state index is 0.459. The van der Waals surface area contributed by atoms with Crippen LogP contribution in [0.5, 0.6) is 0 Å². The van der Waals surface area contributed by atoms with Crippen LogP contribution in [0.4, 0.5) is 4.79 Å². The Morgan fingerprint density at radius 1 is 1.07 bits per heavy atom. The third-order valence-corrected chi connectivity index (χ3v) is 7.59. The minimum Gasteiger partial charge on any atom is -0.465 e. The number of hydrogen-bond acceptors (Lipinski definition) is 2. The van der Waals surface area contributed by atoms with Crippen molar-refractivity contribution in [2.45, 2.75) is 70.9 Å². The van der Waals surface area contributed by atoms with Crippen LogP contribution in [0.15, 0.2) is 30.5 Å². The zero-order valence-electron chi connectivity index (χ0n) is 18.5. The number of nitrogens with zero attached hydrogens (tertiary/aromatic N) is 2. The Hall–Kier alpha value is -2.01. The van der Waals surface area contributed by atoms with E-state index in [0.29, 0.717) is 12.6 Å². The van der Waals surface area contributed by atoms with Gasteiger partial charge in [-0.15, -0.1) is 0 Å². The standard InChI is InChI=1S/C25H37N3O2/c1-18(2)19-7-9-21(10-8-19)27-15-12-22(13-16-27)28-17-20(11-14-26-25(29)30)23-5-3-4-6-24(23)28/h3-6,17-19,21-22,26H,7-16H2,1-2H3,(H,29,30)/t19-,21+. The number of carbonyl (C=O) groups is 1. The van der Waals surface area contributed by atoms with E-state index in [1.807, 2.05) is 0 Å². The molecule has 5 nitrogen and oxygen atoms in total. The summed E-state index contributed by atoms with van der Waals surface area (Å²) in [6.07, 6.45) is 10.0.